The normalized spacial score (nSPS) is 20.0. The van der Waals surface area contributed by atoms with Crippen molar-refractivity contribution in [2.24, 2.45) is 5.92 Å². The smallest absolute Gasteiger partial charge is 0.309 e. The fourth-order valence-corrected chi connectivity index (χ4v) is 6.02. The molecular formula is C32H36N2O6. The van der Waals surface area contributed by atoms with Gasteiger partial charge in [-0.1, -0.05) is 62.4 Å². The first-order chi connectivity index (χ1) is 19.4. The van der Waals surface area contributed by atoms with E-state index in [0.29, 0.717) is 24.7 Å². The van der Waals surface area contributed by atoms with E-state index in [0.717, 1.165) is 46.3 Å². The van der Waals surface area contributed by atoms with E-state index in [1.165, 1.54) is 0 Å². The van der Waals surface area contributed by atoms with E-state index in [2.05, 4.69) is 19.2 Å². The molecule has 5 rings (SSSR count). The number of carboxylic acids is 1. The Labute approximate surface area is 234 Å². The number of benzene rings is 3. The molecule has 210 valence electrons. The van der Waals surface area contributed by atoms with Crippen LogP contribution >= 0.6 is 0 Å². The average molecular weight is 545 g/mol. The van der Waals surface area contributed by atoms with Crippen molar-refractivity contribution in [2.75, 3.05) is 32.3 Å². The van der Waals surface area contributed by atoms with Gasteiger partial charge >= 0.3 is 5.97 Å². The van der Waals surface area contributed by atoms with Gasteiger partial charge in [0.05, 0.1) is 19.1 Å². The van der Waals surface area contributed by atoms with Crippen molar-refractivity contribution in [2.45, 2.75) is 45.3 Å². The van der Waals surface area contributed by atoms with E-state index >= 15 is 0 Å². The van der Waals surface area contributed by atoms with Gasteiger partial charge in [-0.25, -0.2) is 0 Å². The van der Waals surface area contributed by atoms with Crippen LogP contribution in [0.1, 0.15) is 53.6 Å². The molecule has 1 amide bonds. The number of aliphatic carboxylic acids is 1. The number of hydrogen-bond acceptors (Lipinski definition) is 6. The highest BCUT2D eigenvalue weighted by molar-refractivity contribution is 5.94. The van der Waals surface area contributed by atoms with Gasteiger partial charge in [0.25, 0.3) is 0 Å². The van der Waals surface area contributed by atoms with Gasteiger partial charge in [0.2, 0.25) is 12.7 Å². The lowest BCUT2D eigenvalue weighted by Gasteiger charge is -2.27. The molecule has 1 saturated heterocycles. The van der Waals surface area contributed by atoms with Crippen LogP contribution in [0.4, 0.5) is 5.69 Å². The summed E-state index contributed by atoms with van der Waals surface area (Å²) in [5.41, 5.74) is 5.73. The molecule has 40 heavy (non-hydrogen) atoms. The van der Waals surface area contributed by atoms with E-state index in [1.54, 1.807) is 7.11 Å². The lowest BCUT2D eigenvalue weighted by Crippen LogP contribution is -2.35. The molecular weight excluding hydrogens is 508 g/mol. The average Bonchev–Trinajstić information content (AvgIpc) is 3.58. The van der Waals surface area contributed by atoms with E-state index in [9.17, 15) is 14.7 Å². The molecule has 3 aromatic rings. The summed E-state index contributed by atoms with van der Waals surface area (Å²) in [4.78, 5) is 28.4. The van der Waals surface area contributed by atoms with Gasteiger partial charge in [0, 0.05) is 31.3 Å². The second kappa shape index (κ2) is 12.1. The highest BCUT2D eigenvalue weighted by Crippen LogP contribution is 2.47. The minimum Gasteiger partial charge on any atom is -0.481 e. The van der Waals surface area contributed by atoms with Crippen molar-refractivity contribution in [1.29, 1.82) is 0 Å². The Hall–Kier alpha value is -3.88. The Morgan fingerprint density at radius 3 is 2.30 bits per heavy atom. The summed E-state index contributed by atoms with van der Waals surface area (Å²) in [6.45, 7) is 5.23. The number of likely N-dealkylation sites (tertiary alicyclic amines) is 1. The van der Waals surface area contributed by atoms with Crippen LogP contribution in [-0.4, -0.2) is 48.9 Å². The summed E-state index contributed by atoms with van der Waals surface area (Å²) in [5, 5.41) is 13.7. The minimum absolute atomic E-state index is 0.0660. The highest BCUT2D eigenvalue weighted by Gasteiger charge is 2.48. The predicted octanol–water partition coefficient (Wildman–Crippen LogP) is 5.17. The van der Waals surface area contributed by atoms with E-state index in [1.807, 2.05) is 65.6 Å². The fourth-order valence-electron chi connectivity index (χ4n) is 6.02. The molecule has 1 unspecified atom stereocenters. The second-order valence-corrected chi connectivity index (χ2v) is 10.3. The molecule has 0 bridgehead atoms. The number of ether oxygens (including phenoxy) is 3. The van der Waals surface area contributed by atoms with Crippen molar-refractivity contribution in [3.05, 3.63) is 88.5 Å². The standard InChI is InChI=1S/C32H36N2O6/c1-4-21-7-6-8-22(5-2)30(21)33-28(35)17-34-16-25(24-13-14-26-27(15-24)40-19-39-26)29(32(36)37)31(34)23-11-9-20(10-12-23)18-38-3/h6-15,25,29,31H,4-5,16-19H2,1-3H3,(H,33,35)(H,36,37)/t25-,29?,31+/m1/s1. The Kier molecular flexibility index (Phi) is 8.38. The largest absolute Gasteiger partial charge is 0.481 e. The number of carbonyl (C=O) groups is 2. The maximum atomic E-state index is 13.5. The number of nitrogens with one attached hydrogen (secondary N) is 1. The molecule has 3 atom stereocenters. The summed E-state index contributed by atoms with van der Waals surface area (Å²) in [6.07, 6.45) is 1.60. The SMILES string of the molecule is CCc1cccc(CC)c1NC(=O)CN1C[C@H](c2ccc3c(c2)OCO3)C(C(=O)O)[C@@H]1c1ccc(COC)cc1. The summed E-state index contributed by atoms with van der Waals surface area (Å²) in [7, 11) is 1.64. The topological polar surface area (TPSA) is 97.3 Å². The van der Waals surface area contributed by atoms with Gasteiger partial charge in [0.15, 0.2) is 11.5 Å². The zero-order valence-electron chi connectivity index (χ0n) is 23.2. The van der Waals surface area contributed by atoms with Crippen molar-refractivity contribution < 1.29 is 28.9 Å². The number of rotatable bonds is 10. The number of methoxy groups -OCH3 is 1. The minimum atomic E-state index is -0.902. The number of carbonyl (C=O) groups excluding carboxylic acids is 1. The highest BCUT2D eigenvalue weighted by atomic mass is 16.7. The third-order valence-electron chi connectivity index (χ3n) is 7.95. The fraction of sp³-hybridized carbons (Fsp3) is 0.375. The Morgan fingerprint density at radius 1 is 0.975 bits per heavy atom. The van der Waals surface area contributed by atoms with Crippen molar-refractivity contribution >= 4 is 17.6 Å². The van der Waals surface area contributed by atoms with E-state index < -0.39 is 17.9 Å². The molecule has 2 N–H and O–H groups in total. The zero-order chi connectivity index (χ0) is 28.2. The molecule has 2 aliphatic rings. The second-order valence-electron chi connectivity index (χ2n) is 10.3. The number of nitrogens with zero attached hydrogens (tertiary/aromatic N) is 1. The van der Waals surface area contributed by atoms with Crippen molar-refractivity contribution in [3.63, 3.8) is 0 Å². The first-order valence-electron chi connectivity index (χ1n) is 13.8. The first-order valence-corrected chi connectivity index (χ1v) is 13.8. The summed E-state index contributed by atoms with van der Waals surface area (Å²) in [5.74, 6) is -0.917. The van der Waals surface area contributed by atoms with E-state index in [4.69, 9.17) is 14.2 Å². The third kappa shape index (κ3) is 5.55. The molecule has 8 nitrogen and oxygen atoms in total. The van der Waals surface area contributed by atoms with Gasteiger partial charge in [-0.15, -0.1) is 0 Å². The molecule has 0 aromatic heterocycles. The monoisotopic (exact) mass is 544 g/mol. The molecule has 3 aromatic carbocycles. The lowest BCUT2D eigenvalue weighted by atomic mass is 9.82. The summed E-state index contributed by atoms with van der Waals surface area (Å²) < 4.78 is 16.3. The molecule has 2 aliphatic heterocycles. The van der Waals surface area contributed by atoms with Crippen LogP contribution < -0.4 is 14.8 Å². The number of anilines is 1. The molecule has 0 spiro atoms. The molecule has 0 aliphatic carbocycles. The van der Waals surface area contributed by atoms with Gasteiger partial charge in [-0.2, -0.15) is 0 Å². The van der Waals surface area contributed by atoms with Crippen molar-refractivity contribution in [3.8, 4) is 11.5 Å². The Morgan fingerprint density at radius 2 is 1.65 bits per heavy atom. The van der Waals surface area contributed by atoms with Crippen LogP contribution in [-0.2, 0) is 33.8 Å². The molecule has 0 radical (unpaired) electrons. The van der Waals surface area contributed by atoms with Crippen LogP contribution in [0, 0.1) is 5.92 Å². The number of carboxylic acid groups (broad SMARTS) is 1. The Balaban J connectivity index is 1.48. The number of fused-ring (bicyclic) bond motifs is 1. The van der Waals surface area contributed by atoms with E-state index in [-0.39, 0.29) is 25.2 Å². The Bertz CT molecular complexity index is 1350. The molecule has 8 heteroatoms. The van der Waals surface area contributed by atoms with Crippen LogP contribution in [0.3, 0.4) is 0 Å². The maximum absolute atomic E-state index is 13.5. The zero-order valence-corrected chi connectivity index (χ0v) is 23.2. The van der Waals surface area contributed by atoms with Crippen LogP contribution in [0.25, 0.3) is 0 Å². The van der Waals surface area contributed by atoms with Gasteiger partial charge in [-0.3, -0.25) is 14.5 Å². The van der Waals surface area contributed by atoms with Gasteiger partial charge < -0.3 is 24.6 Å². The number of hydrogen-bond donors (Lipinski definition) is 2. The van der Waals surface area contributed by atoms with Gasteiger partial charge in [0.1, 0.15) is 0 Å². The molecule has 1 fully saturated rings. The number of amides is 1. The van der Waals surface area contributed by atoms with Crippen molar-refractivity contribution in [1.82, 2.24) is 4.90 Å². The third-order valence-corrected chi connectivity index (χ3v) is 7.95. The molecule has 0 saturated carbocycles. The first kappa shape index (κ1) is 27.7. The maximum Gasteiger partial charge on any atom is 0.309 e. The van der Waals surface area contributed by atoms with Gasteiger partial charge in [-0.05, 0) is 52.8 Å². The summed E-state index contributed by atoms with van der Waals surface area (Å²) in [6, 6.07) is 19.0. The number of aryl methyl sites for hydroxylation is 2. The number of para-hydroxylation sites is 1. The van der Waals surface area contributed by atoms with Crippen LogP contribution in [0.2, 0.25) is 0 Å². The summed E-state index contributed by atoms with van der Waals surface area (Å²) >= 11 is 0. The quantitative estimate of drug-likeness (QED) is 0.364. The molecule has 2 heterocycles. The lowest BCUT2D eigenvalue weighted by molar-refractivity contribution is -0.143. The predicted molar refractivity (Wildman–Crippen MR) is 152 cm³/mol. The van der Waals surface area contributed by atoms with Crippen LogP contribution in [0.5, 0.6) is 11.5 Å². The van der Waals surface area contributed by atoms with Crippen LogP contribution in [0.15, 0.2) is 60.7 Å².